The van der Waals surface area contributed by atoms with Crippen molar-refractivity contribution in [2.24, 2.45) is 0 Å². The molecule has 1 aliphatic rings. The second-order valence-electron chi connectivity index (χ2n) is 5.94. The smallest absolute Gasteiger partial charge is 0.243 e. The standard InChI is InChI=1S/C18H16ClN3O3S.ClH/c19-18-16-11-14(3-6-17(16)20-12-21-18)13-1-4-15(5-2-13)26(23,24)22-7-9-25-10-8-22;/h1-6,11-12H,7-10H2;1H. The molecule has 2 heterocycles. The maximum absolute atomic E-state index is 12.7. The highest BCUT2D eigenvalue weighted by molar-refractivity contribution is 7.89. The van der Waals surface area contributed by atoms with Crippen LogP contribution in [-0.4, -0.2) is 49.0 Å². The van der Waals surface area contributed by atoms with Crippen molar-refractivity contribution < 1.29 is 13.2 Å². The largest absolute Gasteiger partial charge is 0.379 e. The highest BCUT2D eigenvalue weighted by Crippen LogP contribution is 2.28. The molecule has 1 fully saturated rings. The van der Waals surface area contributed by atoms with Crippen LogP contribution < -0.4 is 0 Å². The van der Waals surface area contributed by atoms with Crippen LogP contribution in [0.2, 0.25) is 5.15 Å². The van der Waals surface area contributed by atoms with Gasteiger partial charge in [0.15, 0.2) is 0 Å². The van der Waals surface area contributed by atoms with Crippen molar-refractivity contribution in [3.05, 3.63) is 53.9 Å². The van der Waals surface area contributed by atoms with Crippen LogP contribution in [0.1, 0.15) is 0 Å². The number of benzene rings is 2. The summed E-state index contributed by atoms with van der Waals surface area (Å²) < 4.78 is 32.1. The van der Waals surface area contributed by atoms with Gasteiger partial charge in [-0.25, -0.2) is 18.4 Å². The minimum atomic E-state index is -3.49. The van der Waals surface area contributed by atoms with E-state index in [0.29, 0.717) is 31.5 Å². The van der Waals surface area contributed by atoms with Gasteiger partial charge in [0.05, 0.1) is 23.6 Å². The van der Waals surface area contributed by atoms with Crippen molar-refractivity contribution in [2.75, 3.05) is 26.3 Å². The number of sulfonamides is 1. The third kappa shape index (κ3) is 3.93. The van der Waals surface area contributed by atoms with Gasteiger partial charge in [-0.2, -0.15) is 4.31 Å². The lowest BCUT2D eigenvalue weighted by Gasteiger charge is -2.26. The van der Waals surface area contributed by atoms with Crippen molar-refractivity contribution in [2.45, 2.75) is 4.90 Å². The average molecular weight is 426 g/mol. The molecule has 0 saturated carbocycles. The molecule has 4 rings (SSSR count). The molecule has 0 atom stereocenters. The highest BCUT2D eigenvalue weighted by atomic mass is 35.5. The van der Waals surface area contributed by atoms with Gasteiger partial charge in [-0.05, 0) is 35.4 Å². The second kappa shape index (κ2) is 8.08. The topological polar surface area (TPSA) is 72.4 Å². The van der Waals surface area contributed by atoms with E-state index in [1.54, 1.807) is 24.3 Å². The molecule has 0 bridgehead atoms. The van der Waals surface area contributed by atoms with Crippen LogP contribution >= 0.6 is 24.0 Å². The molecule has 1 saturated heterocycles. The van der Waals surface area contributed by atoms with Crippen LogP contribution in [0.25, 0.3) is 22.0 Å². The van der Waals surface area contributed by atoms with Gasteiger partial charge >= 0.3 is 0 Å². The van der Waals surface area contributed by atoms with Crippen LogP contribution in [0.5, 0.6) is 0 Å². The van der Waals surface area contributed by atoms with E-state index in [1.165, 1.54) is 10.6 Å². The second-order valence-corrected chi connectivity index (χ2v) is 8.23. The number of fused-ring (bicyclic) bond motifs is 1. The normalized spacial score (nSPS) is 15.4. The van der Waals surface area contributed by atoms with Crippen LogP contribution in [0.15, 0.2) is 53.7 Å². The lowest BCUT2D eigenvalue weighted by Crippen LogP contribution is -2.40. The highest BCUT2D eigenvalue weighted by Gasteiger charge is 2.26. The number of morpholine rings is 1. The van der Waals surface area contributed by atoms with Crippen molar-refractivity contribution >= 4 is 44.9 Å². The molecule has 2 aromatic carbocycles. The van der Waals surface area contributed by atoms with Crippen LogP contribution in [0, 0.1) is 0 Å². The van der Waals surface area contributed by atoms with E-state index >= 15 is 0 Å². The summed E-state index contributed by atoms with van der Waals surface area (Å²) in [5.74, 6) is 0. The van der Waals surface area contributed by atoms with E-state index in [-0.39, 0.29) is 17.3 Å². The minimum Gasteiger partial charge on any atom is -0.379 e. The average Bonchev–Trinajstić information content (AvgIpc) is 2.69. The van der Waals surface area contributed by atoms with Gasteiger partial charge in [-0.3, -0.25) is 0 Å². The monoisotopic (exact) mass is 425 g/mol. The Bertz CT molecular complexity index is 1050. The minimum absolute atomic E-state index is 0. The van der Waals surface area contributed by atoms with Crippen LogP contribution in [-0.2, 0) is 14.8 Å². The fourth-order valence-electron chi connectivity index (χ4n) is 2.96. The first-order valence-electron chi connectivity index (χ1n) is 8.14. The van der Waals surface area contributed by atoms with Crippen LogP contribution in [0.3, 0.4) is 0 Å². The zero-order valence-corrected chi connectivity index (χ0v) is 16.6. The maximum atomic E-state index is 12.7. The van der Waals surface area contributed by atoms with Crippen molar-refractivity contribution in [1.82, 2.24) is 14.3 Å². The number of aromatic nitrogens is 2. The van der Waals surface area contributed by atoms with Gasteiger partial charge in [-0.1, -0.05) is 29.8 Å². The van der Waals surface area contributed by atoms with Crippen molar-refractivity contribution in [1.29, 1.82) is 0 Å². The van der Waals surface area contributed by atoms with E-state index in [0.717, 1.165) is 22.0 Å². The third-order valence-corrected chi connectivity index (χ3v) is 6.60. The molecule has 142 valence electrons. The summed E-state index contributed by atoms with van der Waals surface area (Å²) in [6.07, 6.45) is 1.43. The van der Waals surface area contributed by atoms with Gasteiger partial charge < -0.3 is 4.74 Å². The zero-order valence-electron chi connectivity index (χ0n) is 14.2. The summed E-state index contributed by atoms with van der Waals surface area (Å²) in [5, 5.41) is 1.15. The van der Waals surface area contributed by atoms with Gasteiger partial charge in [0.25, 0.3) is 0 Å². The van der Waals surface area contributed by atoms with Crippen LogP contribution in [0.4, 0.5) is 0 Å². The van der Waals surface area contributed by atoms with Gasteiger partial charge in [0, 0.05) is 18.5 Å². The number of hydrogen-bond acceptors (Lipinski definition) is 5. The zero-order chi connectivity index (χ0) is 18.1. The van der Waals surface area contributed by atoms with E-state index < -0.39 is 10.0 Å². The molecular formula is C18H17Cl2N3O3S. The molecule has 0 aliphatic carbocycles. The molecule has 0 amide bonds. The quantitative estimate of drug-likeness (QED) is 0.601. The summed E-state index contributed by atoms with van der Waals surface area (Å²) in [4.78, 5) is 8.47. The summed E-state index contributed by atoms with van der Waals surface area (Å²) in [6.45, 7) is 1.62. The Morgan fingerprint density at radius 3 is 2.33 bits per heavy atom. The summed E-state index contributed by atoms with van der Waals surface area (Å²) >= 11 is 6.14. The molecule has 0 spiro atoms. The molecule has 0 radical (unpaired) electrons. The van der Waals surface area contributed by atoms with E-state index in [9.17, 15) is 8.42 Å². The maximum Gasteiger partial charge on any atom is 0.243 e. The Morgan fingerprint density at radius 2 is 1.63 bits per heavy atom. The Kier molecular flexibility index (Phi) is 5.98. The Hall–Kier alpha value is -1.77. The molecule has 1 aliphatic heterocycles. The predicted molar refractivity (Wildman–Crippen MR) is 107 cm³/mol. The lowest BCUT2D eigenvalue weighted by atomic mass is 10.0. The number of nitrogens with zero attached hydrogens (tertiary/aromatic N) is 3. The fourth-order valence-corrected chi connectivity index (χ4v) is 4.56. The third-order valence-electron chi connectivity index (χ3n) is 4.38. The number of halogens is 2. The Labute approximate surface area is 168 Å². The first-order chi connectivity index (χ1) is 12.6. The molecular weight excluding hydrogens is 409 g/mol. The molecule has 9 heteroatoms. The van der Waals surface area contributed by atoms with Gasteiger partial charge in [0.1, 0.15) is 11.5 Å². The van der Waals surface area contributed by atoms with E-state index in [2.05, 4.69) is 9.97 Å². The van der Waals surface area contributed by atoms with Crippen molar-refractivity contribution in [3.63, 3.8) is 0 Å². The summed E-state index contributed by atoms with van der Waals surface area (Å²) in [6, 6.07) is 12.6. The molecule has 3 aromatic rings. The fraction of sp³-hybridized carbons (Fsp3) is 0.222. The summed E-state index contributed by atoms with van der Waals surface area (Å²) in [5.41, 5.74) is 2.58. The molecule has 1 aromatic heterocycles. The predicted octanol–water partition coefficient (Wildman–Crippen LogP) is 3.39. The molecule has 0 unspecified atom stereocenters. The number of rotatable bonds is 3. The number of ether oxygens (including phenoxy) is 1. The Morgan fingerprint density at radius 1 is 0.963 bits per heavy atom. The van der Waals surface area contributed by atoms with E-state index in [4.69, 9.17) is 16.3 Å². The van der Waals surface area contributed by atoms with Gasteiger partial charge in [0.2, 0.25) is 10.0 Å². The lowest BCUT2D eigenvalue weighted by molar-refractivity contribution is 0.0730. The van der Waals surface area contributed by atoms with Gasteiger partial charge in [-0.15, -0.1) is 12.4 Å². The number of hydrogen-bond donors (Lipinski definition) is 0. The molecule has 6 nitrogen and oxygen atoms in total. The SMILES string of the molecule is Cl.O=S(=O)(c1ccc(-c2ccc3ncnc(Cl)c3c2)cc1)N1CCOCC1. The summed E-state index contributed by atoms with van der Waals surface area (Å²) in [7, 11) is -3.49. The Balaban J connectivity index is 0.00000210. The van der Waals surface area contributed by atoms with Crippen molar-refractivity contribution in [3.8, 4) is 11.1 Å². The first-order valence-corrected chi connectivity index (χ1v) is 9.96. The molecule has 0 N–H and O–H groups in total. The first kappa shape index (κ1) is 20.0. The van der Waals surface area contributed by atoms with E-state index in [1.807, 2.05) is 18.2 Å². The molecule has 27 heavy (non-hydrogen) atoms.